The monoisotopic (exact) mass is 507 g/mol. The molecule has 0 aromatic heterocycles. The summed E-state index contributed by atoms with van der Waals surface area (Å²) in [5, 5.41) is 22.8. The second kappa shape index (κ2) is 9.88. The summed E-state index contributed by atoms with van der Waals surface area (Å²) < 4.78 is 11.9. The third-order valence-corrected chi connectivity index (χ3v) is 4.40. The van der Waals surface area contributed by atoms with Gasteiger partial charge in [-0.25, -0.2) is 0 Å². The lowest BCUT2D eigenvalue weighted by Gasteiger charge is -2.16. The number of nitriles is 1. The highest BCUT2D eigenvalue weighted by Crippen LogP contribution is 2.35. The van der Waals surface area contributed by atoms with Gasteiger partial charge < -0.3 is 14.8 Å². The van der Waals surface area contributed by atoms with Crippen LogP contribution in [0.25, 0.3) is 6.08 Å². The van der Waals surface area contributed by atoms with Gasteiger partial charge in [-0.1, -0.05) is 6.07 Å². The van der Waals surface area contributed by atoms with Gasteiger partial charge in [0.15, 0.2) is 11.5 Å². The second-order valence-electron chi connectivity index (χ2n) is 6.13. The van der Waals surface area contributed by atoms with Crippen LogP contribution in [0.3, 0.4) is 0 Å². The molecular formula is C20H18IN3O5. The molecule has 0 aliphatic carbocycles. The fourth-order valence-electron chi connectivity index (χ4n) is 2.38. The third-order valence-electron chi connectivity index (χ3n) is 3.60. The Hall–Kier alpha value is -3.13. The molecule has 0 atom stereocenters. The number of nitrogens with zero attached hydrogens (tertiary/aromatic N) is 2. The number of ether oxygens (including phenoxy) is 2. The Morgan fingerprint density at radius 1 is 1.34 bits per heavy atom. The molecule has 0 aliphatic rings. The summed E-state index contributed by atoms with van der Waals surface area (Å²) in [6.07, 6.45) is 1.37. The van der Waals surface area contributed by atoms with Crippen molar-refractivity contribution < 1.29 is 19.2 Å². The van der Waals surface area contributed by atoms with Gasteiger partial charge in [-0.05, 0) is 66.3 Å². The van der Waals surface area contributed by atoms with Gasteiger partial charge in [0.05, 0.1) is 21.7 Å². The molecule has 2 aromatic carbocycles. The molecule has 0 radical (unpaired) electrons. The summed E-state index contributed by atoms with van der Waals surface area (Å²) in [4.78, 5) is 22.8. The van der Waals surface area contributed by atoms with Crippen LogP contribution in [0.2, 0.25) is 0 Å². The molecule has 0 spiro atoms. The van der Waals surface area contributed by atoms with Crippen molar-refractivity contribution in [2.45, 2.75) is 20.0 Å². The van der Waals surface area contributed by atoms with Crippen LogP contribution in [0.1, 0.15) is 19.4 Å². The zero-order valence-electron chi connectivity index (χ0n) is 15.9. The molecular weight excluding hydrogens is 489 g/mol. The number of nitro groups is 1. The highest BCUT2D eigenvalue weighted by molar-refractivity contribution is 14.1. The van der Waals surface area contributed by atoms with E-state index in [0.717, 1.165) is 3.57 Å². The van der Waals surface area contributed by atoms with Crippen molar-refractivity contribution >= 4 is 45.9 Å². The molecule has 0 fully saturated rings. The van der Waals surface area contributed by atoms with Crippen LogP contribution < -0.4 is 14.8 Å². The molecule has 2 aromatic rings. The normalized spacial score (nSPS) is 11.0. The number of hydrogen-bond acceptors (Lipinski definition) is 6. The van der Waals surface area contributed by atoms with E-state index in [-0.39, 0.29) is 23.1 Å². The number of anilines is 1. The number of non-ortho nitro benzene ring substituents is 1. The van der Waals surface area contributed by atoms with Crippen molar-refractivity contribution in [3.05, 3.63) is 61.2 Å². The molecule has 0 unspecified atom stereocenters. The van der Waals surface area contributed by atoms with E-state index >= 15 is 0 Å². The van der Waals surface area contributed by atoms with Crippen molar-refractivity contribution in [1.82, 2.24) is 0 Å². The zero-order valence-corrected chi connectivity index (χ0v) is 18.1. The highest BCUT2D eigenvalue weighted by atomic mass is 127. The predicted octanol–water partition coefficient (Wildman–Crippen LogP) is 4.54. The Balaban J connectivity index is 2.32. The van der Waals surface area contributed by atoms with E-state index in [2.05, 4.69) is 27.9 Å². The fraction of sp³-hybridized carbons (Fsp3) is 0.200. The molecule has 29 heavy (non-hydrogen) atoms. The van der Waals surface area contributed by atoms with E-state index in [1.165, 1.54) is 37.5 Å². The maximum absolute atomic E-state index is 12.5. The van der Waals surface area contributed by atoms with Crippen LogP contribution in [-0.4, -0.2) is 24.0 Å². The van der Waals surface area contributed by atoms with Gasteiger partial charge in [0, 0.05) is 17.8 Å². The van der Waals surface area contributed by atoms with Crippen molar-refractivity contribution in [1.29, 1.82) is 5.26 Å². The van der Waals surface area contributed by atoms with E-state index in [9.17, 15) is 20.2 Å². The Labute approximate surface area is 181 Å². The number of carbonyl (C=O) groups excluding carboxylic acids is 1. The number of nitro benzene ring substituents is 1. The van der Waals surface area contributed by atoms with Crippen LogP contribution >= 0.6 is 22.6 Å². The molecule has 2 rings (SSSR count). The van der Waals surface area contributed by atoms with Gasteiger partial charge in [-0.2, -0.15) is 5.26 Å². The van der Waals surface area contributed by atoms with Crippen LogP contribution in [0, 0.1) is 25.0 Å². The lowest BCUT2D eigenvalue weighted by molar-refractivity contribution is -0.384. The highest BCUT2D eigenvalue weighted by Gasteiger charge is 2.15. The minimum atomic E-state index is -0.676. The number of benzene rings is 2. The van der Waals surface area contributed by atoms with Crippen molar-refractivity contribution in [2.24, 2.45) is 0 Å². The number of halogens is 1. The first-order valence-electron chi connectivity index (χ1n) is 8.47. The van der Waals surface area contributed by atoms with Crippen LogP contribution in [0.15, 0.2) is 42.0 Å². The van der Waals surface area contributed by atoms with Crippen LogP contribution in [0.5, 0.6) is 11.5 Å². The summed E-state index contributed by atoms with van der Waals surface area (Å²) in [5.41, 5.74) is 0.475. The molecule has 0 aliphatic heterocycles. The minimum absolute atomic E-state index is 0.0471. The third kappa shape index (κ3) is 5.92. The van der Waals surface area contributed by atoms with E-state index in [4.69, 9.17) is 9.47 Å². The molecule has 8 nitrogen and oxygen atoms in total. The summed E-state index contributed by atoms with van der Waals surface area (Å²) in [6, 6.07) is 10.8. The average molecular weight is 507 g/mol. The van der Waals surface area contributed by atoms with Gasteiger partial charge in [-0.3, -0.25) is 14.9 Å². The maximum Gasteiger partial charge on any atom is 0.271 e. The Morgan fingerprint density at radius 2 is 2.07 bits per heavy atom. The first-order valence-corrected chi connectivity index (χ1v) is 9.54. The van der Waals surface area contributed by atoms with E-state index in [1.54, 1.807) is 12.1 Å². The smallest absolute Gasteiger partial charge is 0.271 e. The van der Waals surface area contributed by atoms with E-state index in [1.807, 2.05) is 19.9 Å². The molecule has 0 heterocycles. The van der Waals surface area contributed by atoms with Gasteiger partial charge in [0.25, 0.3) is 11.6 Å². The second-order valence-corrected chi connectivity index (χ2v) is 7.29. The number of methoxy groups -OCH3 is 1. The summed E-state index contributed by atoms with van der Waals surface area (Å²) in [5.74, 6) is 0.387. The summed E-state index contributed by atoms with van der Waals surface area (Å²) in [7, 11) is 1.51. The number of rotatable bonds is 7. The first-order chi connectivity index (χ1) is 13.7. The summed E-state index contributed by atoms with van der Waals surface area (Å²) in [6.45, 7) is 3.80. The van der Waals surface area contributed by atoms with Crippen molar-refractivity contribution in [3.63, 3.8) is 0 Å². The Morgan fingerprint density at radius 3 is 2.66 bits per heavy atom. The van der Waals surface area contributed by atoms with Crippen LogP contribution in [0.4, 0.5) is 11.4 Å². The predicted molar refractivity (Wildman–Crippen MR) is 117 cm³/mol. The van der Waals surface area contributed by atoms with E-state index < -0.39 is 10.8 Å². The standard InChI is InChI=1S/C20H18IN3O5/c1-12(2)29-19-17(21)8-13(9-18(19)28-3)7-14(11-22)20(25)23-15-5-4-6-16(10-15)24(26)27/h4-10,12H,1-3H3,(H,23,25)/b14-7+. The molecule has 150 valence electrons. The van der Waals surface area contributed by atoms with Gasteiger partial charge in [-0.15, -0.1) is 0 Å². The van der Waals surface area contributed by atoms with Crippen molar-refractivity contribution in [3.8, 4) is 17.6 Å². The van der Waals surface area contributed by atoms with E-state index in [0.29, 0.717) is 17.1 Å². The number of hydrogen-bond donors (Lipinski definition) is 1. The van der Waals surface area contributed by atoms with Gasteiger partial charge in [0.2, 0.25) is 0 Å². The molecule has 1 amide bonds. The van der Waals surface area contributed by atoms with Gasteiger partial charge in [0.1, 0.15) is 11.6 Å². The number of amides is 1. The molecule has 0 saturated heterocycles. The Bertz CT molecular complexity index is 1010. The Kier molecular flexibility index (Phi) is 7.55. The van der Waals surface area contributed by atoms with Crippen molar-refractivity contribution in [2.75, 3.05) is 12.4 Å². The molecule has 0 bridgehead atoms. The molecule has 9 heteroatoms. The largest absolute Gasteiger partial charge is 0.493 e. The first kappa shape index (κ1) is 22.2. The number of carbonyl (C=O) groups is 1. The lowest BCUT2D eigenvalue weighted by Crippen LogP contribution is -2.13. The zero-order chi connectivity index (χ0) is 21.6. The topological polar surface area (TPSA) is 114 Å². The molecule has 0 saturated carbocycles. The fourth-order valence-corrected chi connectivity index (χ4v) is 3.14. The van der Waals surface area contributed by atoms with Crippen LogP contribution in [-0.2, 0) is 4.79 Å². The number of nitrogens with one attached hydrogen (secondary N) is 1. The lowest BCUT2D eigenvalue weighted by atomic mass is 10.1. The maximum atomic E-state index is 12.5. The van der Waals surface area contributed by atoms with Gasteiger partial charge >= 0.3 is 0 Å². The summed E-state index contributed by atoms with van der Waals surface area (Å²) >= 11 is 2.09. The average Bonchev–Trinajstić information content (AvgIpc) is 2.67. The minimum Gasteiger partial charge on any atom is -0.493 e. The molecule has 1 N–H and O–H groups in total. The quantitative estimate of drug-likeness (QED) is 0.194. The SMILES string of the molecule is COc1cc(/C=C(\C#N)C(=O)Nc2cccc([N+](=O)[O-])c2)cc(I)c1OC(C)C.